The Morgan fingerprint density at radius 2 is 2.00 bits per heavy atom. The first kappa shape index (κ1) is 14.6. The highest BCUT2D eigenvalue weighted by atomic mass is 14.9. The van der Waals surface area contributed by atoms with Crippen molar-refractivity contribution < 1.29 is 0 Å². The zero-order valence-electron chi connectivity index (χ0n) is 12.5. The number of nitrogens with two attached hydrogens (primary N) is 1. The normalized spacial score (nSPS) is 12.5. The smallest absolute Gasteiger partial charge is 0.0743 e. The molecule has 1 atom stereocenters. The van der Waals surface area contributed by atoms with Gasteiger partial charge in [-0.15, -0.1) is 0 Å². The number of benzene rings is 1. The summed E-state index contributed by atoms with van der Waals surface area (Å²) in [5.41, 5.74) is 8.72. The van der Waals surface area contributed by atoms with Gasteiger partial charge in [0, 0.05) is 29.0 Å². The SMILES string of the molecule is CCCCC(CCC)Nc1ccnc2cc(N)ccc12. The number of unbranched alkanes of at least 4 members (excludes halogenated alkanes) is 1. The molecule has 0 bridgehead atoms. The molecule has 108 valence electrons. The van der Waals surface area contributed by atoms with E-state index >= 15 is 0 Å². The van der Waals surface area contributed by atoms with E-state index in [1.807, 2.05) is 18.3 Å². The average Bonchev–Trinajstić information content (AvgIpc) is 2.45. The highest BCUT2D eigenvalue weighted by Gasteiger charge is 2.09. The van der Waals surface area contributed by atoms with E-state index in [0.29, 0.717) is 6.04 Å². The number of nitrogens with zero attached hydrogens (tertiary/aromatic N) is 1. The zero-order chi connectivity index (χ0) is 14.4. The molecule has 3 heteroatoms. The second-order valence-corrected chi connectivity index (χ2v) is 5.41. The molecule has 0 fully saturated rings. The maximum atomic E-state index is 5.83. The summed E-state index contributed by atoms with van der Waals surface area (Å²) < 4.78 is 0. The molecule has 1 unspecified atom stereocenters. The number of hydrogen-bond acceptors (Lipinski definition) is 3. The van der Waals surface area contributed by atoms with E-state index in [4.69, 9.17) is 5.73 Å². The molecule has 0 amide bonds. The van der Waals surface area contributed by atoms with Crippen LogP contribution in [0, 0.1) is 0 Å². The molecule has 0 aliphatic carbocycles. The van der Waals surface area contributed by atoms with E-state index in [2.05, 4.69) is 36.3 Å². The van der Waals surface area contributed by atoms with E-state index in [1.165, 1.54) is 37.8 Å². The minimum atomic E-state index is 0.545. The molecule has 20 heavy (non-hydrogen) atoms. The van der Waals surface area contributed by atoms with Gasteiger partial charge in [-0.2, -0.15) is 0 Å². The van der Waals surface area contributed by atoms with Gasteiger partial charge in [0.05, 0.1) is 5.52 Å². The van der Waals surface area contributed by atoms with Crippen LogP contribution in [0.15, 0.2) is 30.5 Å². The molecule has 1 aromatic carbocycles. The van der Waals surface area contributed by atoms with Crippen LogP contribution in [0.25, 0.3) is 10.9 Å². The second-order valence-electron chi connectivity index (χ2n) is 5.41. The fourth-order valence-corrected chi connectivity index (χ4v) is 2.60. The number of fused-ring (bicyclic) bond motifs is 1. The van der Waals surface area contributed by atoms with Crippen molar-refractivity contribution in [2.24, 2.45) is 0 Å². The minimum Gasteiger partial charge on any atom is -0.399 e. The molecule has 0 saturated heterocycles. The Bertz CT molecular complexity index is 551. The van der Waals surface area contributed by atoms with E-state index in [-0.39, 0.29) is 0 Å². The summed E-state index contributed by atoms with van der Waals surface area (Å²) in [7, 11) is 0. The molecule has 0 radical (unpaired) electrons. The number of hydrogen-bond donors (Lipinski definition) is 2. The lowest BCUT2D eigenvalue weighted by atomic mass is 10.0. The summed E-state index contributed by atoms with van der Waals surface area (Å²) in [6, 6.07) is 8.54. The topological polar surface area (TPSA) is 50.9 Å². The summed E-state index contributed by atoms with van der Waals surface area (Å²) in [6.07, 6.45) is 8.01. The molecule has 0 saturated carbocycles. The van der Waals surface area contributed by atoms with Crippen LogP contribution in [0.2, 0.25) is 0 Å². The molecule has 2 aromatic rings. The number of pyridine rings is 1. The van der Waals surface area contributed by atoms with Crippen molar-refractivity contribution in [3.05, 3.63) is 30.5 Å². The third-order valence-corrected chi connectivity index (χ3v) is 3.67. The van der Waals surface area contributed by atoms with Gasteiger partial charge >= 0.3 is 0 Å². The van der Waals surface area contributed by atoms with Crippen LogP contribution in [0.3, 0.4) is 0 Å². The molecule has 1 aromatic heterocycles. The molecule has 0 aliphatic heterocycles. The zero-order valence-corrected chi connectivity index (χ0v) is 12.5. The molecule has 0 spiro atoms. The highest BCUT2D eigenvalue weighted by Crippen LogP contribution is 2.25. The lowest BCUT2D eigenvalue weighted by Crippen LogP contribution is -2.19. The Balaban J connectivity index is 2.22. The van der Waals surface area contributed by atoms with Gasteiger partial charge in [-0.3, -0.25) is 4.98 Å². The van der Waals surface area contributed by atoms with Crippen LogP contribution in [-0.2, 0) is 0 Å². The maximum absolute atomic E-state index is 5.83. The molecule has 2 rings (SSSR count). The quantitative estimate of drug-likeness (QED) is 0.724. The molecule has 1 heterocycles. The standard InChI is InChI=1S/C17H25N3/c1-3-5-7-14(6-4-2)20-16-10-11-19-17-12-13(18)8-9-15(16)17/h8-12,14H,3-7,18H2,1-2H3,(H,19,20). The molecular weight excluding hydrogens is 246 g/mol. The van der Waals surface area contributed by atoms with Crippen LogP contribution in [-0.4, -0.2) is 11.0 Å². The van der Waals surface area contributed by atoms with Crippen LogP contribution < -0.4 is 11.1 Å². The first-order chi connectivity index (χ1) is 9.74. The molecule has 0 aliphatic rings. The number of nitrogen functional groups attached to an aromatic ring is 1. The largest absolute Gasteiger partial charge is 0.399 e. The van der Waals surface area contributed by atoms with Gasteiger partial charge in [0.2, 0.25) is 0 Å². The van der Waals surface area contributed by atoms with Gasteiger partial charge in [0.15, 0.2) is 0 Å². The monoisotopic (exact) mass is 271 g/mol. The van der Waals surface area contributed by atoms with E-state index < -0.39 is 0 Å². The van der Waals surface area contributed by atoms with E-state index in [1.54, 1.807) is 0 Å². The number of anilines is 2. The number of rotatable bonds is 7. The minimum absolute atomic E-state index is 0.545. The summed E-state index contributed by atoms with van der Waals surface area (Å²) >= 11 is 0. The lowest BCUT2D eigenvalue weighted by Gasteiger charge is -2.20. The highest BCUT2D eigenvalue weighted by molar-refractivity contribution is 5.92. The van der Waals surface area contributed by atoms with Crippen LogP contribution in [0.4, 0.5) is 11.4 Å². The van der Waals surface area contributed by atoms with Crippen LogP contribution >= 0.6 is 0 Å². The van der Waals surface area contributed by atoms with Gasteiger partial charge in [-0.05, 0) is 37.1 Å². The fraction of sp³-hybridized carbons (Fsp3) is 0.471. The Hall–Kier alpha value is -1.77. The Labute approximate surface area is 121 Å². The van der Waals surface area contributed by atoms with Crippen LogP contribution in [0.5, 0.6) is 0 Å². The van der Waals surface area contributed by atoms with Crippen LogP contribution in [0.1, 0.15) is 46.0 Å². The Kier molecular flexibility index (Phi) is 5.22. The number of aromatic nitrogens is 1. The summed E-state index contributed by atoms with van der Waals surface area (Å²) in [5.74, 6) is 0. The lowest BCUT2D eigenvalue weighted by molar-refractivity contribution is 0.565. The maximum Gasteiger partial charge on any atom is 0.0743 e. The van der Waals surface area contributed by atoms with Gasteiger partial charge in [0.25, 0.3) is 0 Å². The van der Waals surface area contributed by atoms with E-state index in [0.717, 1.165) is 16.6 Å². The summed E-state index contributed by atoms with van der Waals surface area (Å²) in [5, 5.41) is 4.85. The first-order valence-electron chi connectivity index (χ1n) is 7.65. The molecule has 3 N–H and O–H groups in total. The second kappa shape index (κ2) is 7.13. The third kappa shape index (κ3) is 3.62. The van der Waals surface area contributed by atoms with Crippen molar-refractivity contribution in [2.75, 3.05) is 11.1 Å². The predicted molar refractivity (Wildman–Crippen MR) is 88.0 cm³/mol. The van der Waals surface area contributed by atoms with Crippen molar-refractivity contribution in [1.82, 2.24) is 4.98 Å². The third-order valence-electron chi connectivity index (χ3n) is 3.67. The van der Waals surface area contributed by atoms with Gasteiger partial charge in [-0.1, -0.05) is 33.1 Å². The van der Waals surface area contributed by atoms with E-state index in [9.17, 15) is 0 Å². The van der Waals surface area contributed by atoms with Crippen molar-refractivity contribution >= 4 is 22.3 Å². The Morgan fingerprint density at radius 1 is 1.15 bits per heavy atom. The van der Waals surface area contributed by atoms with Crippen molar-refractivity contribution in [3.63, 3.8) is 0 Å². The average molecular weight is 271 g/mol. The van der Waals surface area contributed by atoms with Gasteiger partial charge in [-0.25, -0.2) is 0 Å². The number of nitrogens with one attached hydrogen (secondary N) is 1. The first-order valence-corrected chi connectivity index (χ1v) is 7.65. The Morgan fingerprint density at radius 3 is 2.75 bits per heavy atom. The summed E-state index contributed by atoms with van der Waals surface area (Å²) in [4.78, 5) is 4.40. The fourth-order valence-electron chi connectivity index (χ4n) is 2.60. The van der Waals surface area contributed by atoms with Crippen molar-refractivity contribution in [2.45, 2.75) is 52.0 Å². The summed E-state index contributed by atoms with van der Waals surface area (Å²) in [6.45, 7) is 4.49. The van der Waals surface area contributed by atoms with Crippen molar-refractivity contribution in [3.8, 4) is 0 Å². The molecule has 3 nitrogen and oxygen atoms in total. The molecular formula is C17H25N3. The van der Waals surface area contributed by atoms with Gasteiger partial charge in [0.1, 0.15) is 0 Å². The predicted octanol–water partition coefficient (Wildman–Crippen LogP) is 4.59. The van der Waals surface area contributed by atoms with Crippen molar-refractivity contribution in [1.29, 1.82) is 0 Å². The van der Waals surface area contributed by atoms with Gasteiger partial charge < -0.3 is 11.1 Å².